The minimum absolute atomic E-state index is 0.162. The number of ether oxygens (including phenoxy) is 1. The maximum atomic E-state index is 13.3. The topological polar surface area (TPSA) is 60.4 Å². The number of halogens is 2. The van der Waals surface area contributed by atoms with Crippen molar-refractivity contribution >= 4 is 15.9 Å². The first-order chi connectivity index (χ1) is 8.67. The van der Waals surface area contributed by atoms with Gasteiger partial charge in [-0.05, 0) is 39.7 Å². The molecule has 18 heavy (non-hydrogen) atoms. The number of nitrogens with two attached hydrogens (primary N) is 1. The molecule has 0 saturated heterocycles. The van der Waals surface area contributed by atoms with Crippen molar-refractivity contribution in [1.82, 2.24) is 5.43 Å². The molecule has 0 spiro atoms. The molecule has 0 saturated carbocycles. The third-order valence-corrected chi connectivity index (χ3v) is 3.24. The van der Waals surface area contributed by atoms with Crippen molar-refractivity contribution in [2.75, 3.05) is 7.11 Å². The van der Waals surface area contributed by atoms with Crippen molar-refractivity contribution in [3.05, 3.63) is 52.1 Å². The van der Waals surface area contributed by atoms with Crippen LogP contribution in [0.15, 0.2) is 39.4 Å². The summed E-state index contributed by atoms with van der Waals surface area (Å²) >= 11 is 3.36. The van der Waals surface area contributed by atoms with Gasteiger partial charge in [0.15, 0.2) is 11.6 Å². The molecule has 1 heterocycles. The zero-order chi connectivity index (χ0) is 13.1. The van der Waals surface area contributed by atoms with Crippen LogP contribution in [0.4, 0.5) is 4.39 Å². The highest BCUT2D eigenvalue weighted by Crippen LogP contribution is 2.31. The molecule has 6 heteroatoms. The van der Waals surface area contributed by atoms with Gasteiger partial charge in [0.25, 0.3) is 0 Å². The summed E-state index contributed by atoms with van der Waals surface area (Å²) in [7, 11) is 1.41. The number of benzene rings is 1. The zero-order valence-corrected chi connectivity index (χ0v) is 11.2. The number of hydrogen-bond donors (Lipinski definition) is 2. The second-order valence-corrected chi connectivity index (χ2v) is 4.48. The van der Waals surface area contributed by atoms with E-state index in [-0.39, 0.29) is 11.8 Å². The largest absolute Gasteiger partial charge is 0.494 e. The molecule has 0 bridgehead atoms. The molecule has 4 nitrogen and oxygen atoms in total. The summed E-state index contributed by atoms with van der Waals surface area (Å²) in [6, 6.07) is 5.91. The Morgan fingerprint density at radius 3 is 2.78 bits per heavy atom. The van der Waals surface area contributed by atoms with Gasteiger partial charge in [-0.15, -0.1) is 0 Å². The molecule has 96 valence electrons. The smallest absolute Gasteiger partial charge is 0.165 e. The van der Waals surface area contributed by atoms with Crippen LogP contribution in [0.5, 0.6) is 5.75 Å². The molecular formula is C12H12BrFN2O2. The summed E-state index contributed by atoms with van der Waals surface area (Å²) in [5, 5.41) is 0. The molecule has 1 aromatic carbocycles. The van der Waals surface area contributed by atoms with Crippen LogP contribution in [-0.2, 0) is 0 Å². The molecule has 0 aliphatic rings. The van der Waals surface area contributed by atoms with Crippen molar-refractivity contribution in [3.8, 4) is 5.75 Å². The zero-order valence-electron chi connectivity index (χ0n) is 9.61. The number of methoxy groups -OCH3 is 1. The van der Waals surface area contributed by atoms with Gasteiger partial charge in [-0.3, -0.25) is 5.84 Å². The van der Waals surface area contributed by atoms with Gasteiger partial charge >= 0.3 is 0 Å². The standard InChI is InChI=1S/C12H12BrFN2O2/c1-17-10-6-7(2-3-9(10)14)11(16-15)12-8(13)4-5-18-12/h2-6,11,16H,15H2,1H3. The number of nitrogens with one attached hydrogen (secondary N) is 1. The average Bonchev–Trinajstić information content (AvgIpc) is 2.79. The van der Waals surface area contributed by atoms with Crippen LogP contribution in [0, 0.1) is 5.82 Å². The van der Waals surface area contributed by atoms with Gasteiger partial charge in [-0.25, -0.2) is 9.82 Å². The molecule has 0 aliphatic carbocycles. The fraction of sp³-hybridized carbons (Fsp3) is 0.167. The molecule has 3 N–H and O–H groups in total. The number of rotatable bonds is 4. The highest BCUT2D eigenvalue weighted by Gasteiger charge is 2.20. The highest BCUT2D eigenvalue weighted by molar-refractivity contribution is 9.10. The summed E-state index contributed by atoms with van der Waals surface area (Å²) in [5.74, 6) is 5.89. The first kappa shape index (κ1) is 13.1. The lowest BCUT2D eigenvalue weighted by atomic mass is 10.0. The van der Waals surface area contributed by atoms with Crippen LogP contribution >= 0.6 is 15.9 Å². The van der Waals surface area contributed by atoms with E-state index >= 15 is 0 Å². The molecular weight excluding hydrogens is 303 g/mol. The van der Waals surface area contributed by atoms with Gasteiger partial charge in [-0.1, -0.05) is 6.07 Å². The fourth-order valence-corrected chi connectivity index (χ4v) is 2.12. The Labute approximate surface area is 112 Å². The lowest BCUT2D eigenvalue weighted by Gasteiger charge is -2.15. The van der Waals surface area contributed by atoms with Gasteiger partial charge < -0.3 is 9.15 Å². The average molecular weight is 315 g/mol. The Bertz CT molecular complexity index is 545. The predicted molar refractivity (Wildman–Crippen MR) is 68.5 cm³/mol. The Balaban J connectivity index is 2.42. The first-order valence-electron chi connectivity index (χ1n) is 5.19. The predicted octanol–water partition coefficient (Wildman–Crippen LogP) is 2.74. The van der Waals surface area contributed by atoms with Gasteiger partial charge in [0, 0.05) is 0 Å². The van der Waals surface area contributed by atoms with Gasteiger partial charge in [0.1, 0.15) is 11.8 Å². The van der Waals surface area contributed by atoms with E-state index in [1.165, 1.54) is 13.2 Å². The fourth-order valence-electron chi connectivity index (χ4n) is 1.69. The van der Waals surface area contributed by atoms with Crippen molar-refractivity contribution < 1.29 is 13.5 Å². The lowest BCUT2D eigenvalue weighted by Crippen LogP contribution is -2.28. The Morgan fingerprint density at radius 2 is 2.22 bits per heavy atom. The minimum Gasteiger partial charge on any atom is -0.494 e. The van der Waals surface area contributed by atoms with Crippen molar-refractivity contribution in [2.45, 2.75) is 6.04 Å². The molecule has 2 aromatic rings. The van der Waals surface area contributed by atoms with E-state index in [2.05, 4.69) is 21.4 Å². The third kappa shape index (κ3) is 2.40. The molecule has 0 fully saturated rings. The van der Waals surface area contributed by atoms with Crippen molar-refractivity contribution in [3.63, 3.8) is 0 Å². The first-order valence-corrected chi connectivity index (χ1v) is 5.99. The van der Waals surface area contributed by atoms with E-state index in [1.54, 1.807) is 24.5 Å². The molecule has 0 aliphatic heterocycles. The molecule has 0 radical (unpaired) electrons. The van der Waals surface area contributed by atoms with E-state index in [1.807, 2.05) is 0 Å². The van der Waals surface area contributed by atoms with Gasteiger partial charge in [0.2, 0.25) is 0 Å². The second kappa shape index (κ2) is 5.51. The number of hydrazine groups is 1. The summed E-state index contributed by atoms with van der Waals surface area (Å²) in [6.07, 6.45) is 1.55. The Morgan fingerprint density at radius 1 is 1.44 bits per heavy atom. The SMILES string of the molecule is COc1cc(C(NN)c2occc2Br)ccc1F. The van der Waals surface area contributed by atoms with Crippen molar-refractivity contribution in [1.29, 1.82) is 0 Å². The molecule has 1 aromatic heterocycles. The monoisotopic (exact) mass is 314 g/mol. The van der Waals surface area contributed by atoms with Crippen LogP contribution in [-0.4, -0.2) is 7.11 Å². The lowest BCUT2D eigenvalue weighted by molar-refractivity contribution is 0.384. The van der Waals surface area contributed by atoms with E-state index in [9.17, 15) is 4.39 Å². The summed E-state index contributed by atoms with van der Waals surface area (Å²) in [6.45, 7) is 0. The maximum absolute atomic E-state index is 13.3. The number of hydrogen-bond acceptors (Lipinski definition) is 4. The van der Waals surface area contributed by atoms with Crippen LogP contribution in [0.2, 0.25) is 0 Å². The van der Waals surface area contributed by atoms with E-state index in [0.717, 1.165) is 10.0 Å². The molecule has 1 unspecified atom stereocenters. The van der Waals surface area contributed by atoms with Crippen LogP contribution in [0.25, 0.3) is 0 Å². The summed E-state index contributed by atoms with van der Waals surface area (Å²) in [4.78, 5) is 0. The Hall–Kier alpha value is -1.37. The summed E-state index contributed by atoms with van der Waals surface area (Å²) in [5.41, 5.74) is 3.37. The normalized spacial score (nSPS) is 12.4. The Kier molecular flexibility index (Phi) is 4.00. The van der Waals surface area contributed by atoms with E-state index in [0.29, 0.717) is 5.76 Å². The van der Waals surface area contributed by atoms with Gasteiger partial charge in [-0.2, -0.15) is 0 Å². The quantitative estimate of drug-likeness (QED) is 0.673. The van der Waals surface area contributed by atoms with Crippen LogP contribution in [0.3, 0.4) is 0 Å². The van der Waals surface area contributed by atoms with Crippen molar-refractivity contribution in [2.24, 2.45) is 5.84 Å². The highest BCUT2D eigenvalue weighted by atomic mass is 79.9. The second-order valence-electron chi connectivity index (χ2n) is 3.63. The molecule has 1 atom stereocenters. The van der Waals surface area contributed by atoms with E-state index < -0.39 is 5.82 Å². The van der Waals surface area contributed by atoms with Crippen LogP contribution < -0.4 is 16.0 Å². The van der Waals surface area contributed by atoms with E-state index in [4.69, 9.17) is 15.0 Å². The maximum Gasteiger partial charge on any atom is 0.165 e. The number of furan rings is 1. The molecule has 2 rings (SSSR count). The molecule has 0 amide bonds. The van der Waals surface area contributed by atoms with Crippen LogP contribution in [0.1, 0.15) is 17.4 Å². The van der Waals surface area contributed by atoms with Gasteiger partial charge in [0.05, 0.1) is 17.8 Å². The minimum atomic E-state index is -0.421. The third-order valence-electron chi connectivity index (χ3n) is 2.58. The summed E-state index contributed by atoms with van der Waals surface area (Å²) < 4.78 is 24.4.